The highest BCUT2D eigenvalue weighted by atomic mass is 16.4. The molecule has 0 bridgehead atoms. The Labute approximate surface area is 82.6 Å². The van der Waals surface area contributed by atoms with Crippen LogP contribution >= 0.6 is 0 Å². The molecule has 2 heterocycles. The SMILES string of the molecule is O=C(O)c1cc2nccc(C(=O)O)n2n1. The van der Waals surface area contributed by atoms with Crippen LogP contribution < -0.4 is 0 Å². The number of carboxylic acid groups (broad SMARTS) is 2. The summed E-state index contributed by atoms with van der Waals surface area (Å²) in [6.07, 6.45) is 1.28. The summed E-state index contributed by atoms with van der Waals surface area (Å²) in [6, 6.07) is 2.45. The second-order valence-electron chi connectivity index (χ2n) is 2.74. The van der Waals surface area contributed by atoms with Crippen molar-refractivity contribution in [2.75, 3.05) is 0 Å². The van der Waals surface area contributed by atoms with Gasteiger partial charge in [-0.1, -0.05) is 0 Å². The van der Waals surface area contributed by atoms with E-state index in [1.54, 1.807) is 0 Å². The van der Waals surface area contributed by atoms with Crippen molar-refractivity contribution >= 4 is 17.6 Å². The Bertz CT molecular complexity index is 560. The summed E-state index contributed by atoms with van der Waals surface area (Å²) in [7, 11) is 0. The van der Waals surface area contributed by atoms with Crippen molar-refractivity contribution in [1.29, 1.82) is 0 Å². The van der Waals surface area contributed by atoms with Crippen LogP contribution in [-0.2, 0) is 0 Å². The summed E-state index contributed by atoms with van der Waals surface area (Å²) < 4.78 is 0.978. The third kappa shape index (κ3) is 1.39. The first-order chi connectivity index (χ1) is 7.09. The van der Waals surface area contributed by atoms with E-state index < -0.39 is 11.9 Å². The van der Waals surface area contributed by atoms with Gasteiger partial charge in [0.2, 0.25) is 0 Å². The van der Waals surface area contributed by atoms with Crippen LogP contribution in [0.2, 0.25) is 0 Å². The normalized spacial score (nSPS) is 10.4. The lowest BCUT2D eigenvalue weighted by atomic mass is 10.4. The van der Waals surface area contributed by atoms with Gasteiger partial charge in [-0.25, -0.2) is 19.1 Å². The molecule has 0 fully saturated rings. The van der Waals surface area contributed by atoms with Gasteiger partial charge in [-0.2, -0.15) is 5.10 Å². The number of hydrogen-bond acceptors (Lipinski definition) is 4. The van der Waals surface area contributed by atoms with Crippen molar-refractivity contribution in [1.82, 2.24) is 14.6 Å². The van der Waals surface area contributed by atoms with Crippen molar-refractivity contribution in [3.8, 4) is 0 Å². The molecule has 0 spiro atoms. The molecule has 15 heavy (non-hydrogen) atoms. The molecule has 7 nitrogen and oxygen atoms in total. The molecule has 2 N–H and O–H groups in total. The molecule has 0 unspecified atom stereocenters. The van der Waals surface area contributed by atoms with Crippen LogP contribution in [0.15, 0.2) is 18.3 Å². The van der Waals surface area contributed by atoms with Crippen molar-refractivity contribution in [2.24, 2.45) is 0 Å². The highest BCUT2D eigenvalue weighted by Crippen LogP contribution is 2.07. The van der Waals surface area contributed by atoms with E-state index in [9.17, 15) is 9.59 Å². The van der Waals surface area contributed by atoms with Crippen LogP contribution in [0.5, 0.6) is 0 Å². The monoisotopic (exact) mass is 207 g/mol. The smallest absolute Gasteiger partial charge is 0.356 e. The molecular weight excluding hydrogens is 202 g/mol. The van der Waals surface area contributed by atoms with Crippen molar-refractivity contribution in [3.05, 3.63) is 29.7 Å². The Morgan fingerprint density at radius 3 is 2.60 bits per heavy atom. The van der Waals surface area contributed by atoms with Crippen molar-refractivity contribution in [3.63, 3.8) is 0 Å². The van der Waals surface area contributed by atoms with Gasteiger partial charge in [0.25, 0.3) is 0 Å². The second-order valence-corrected chi connectivity index (χ2v) is 2.74. The minimum Gasteiger partial charge on any atom is -0.477 e. The molecule has 0 atom stereocenters. The van der Waals surface area contributed by atoms with Crippen molar-refractivity contribution < 1.29 is 19.8 Å². The molecule has 0 aromatic carbocycles. The van der Waals surface area contributed by atoms with Gasteiger partial charge < -0.3 is 10.2 Å². The maximum Gasteiger partial charge on any atom is 0.356 e. The van der Waals surface area contributed by atoms with Crippen LogP contribution in [0, 0.1) is 0 Å². The van der Waals surface area contributed by atoms with Gasteiger partial charge in [-0.05, 0) is 6.07 Å². The predicted octanol–water partition coefficient (Wildman–Crippen LogP) is 0.126. The molecular formula is C8H5N3O4. The highest BCUT2D eigenvalue weighted by Gasteiger charge is 2.14. The number of carbonyl (C=O) groups is 2. The molecule has 2 rings (SSSR count). The number of aromatic nitrogens is 3. The summed E-state index contributed by atoms with van der Waals surface area (Å²) in [5.74, 6) is -2.42. The second kappa shape index (κ2) is 3.05. The summed E-state index contributed by atoms with van der Waals surface area (Å²) in [6.45, 7) is 0. The number of carboxylic acids is 2. The van der Waals surface area contributed by atoms with E-state index in [-0.39, 0.29) is 17.0 Å². The molecule has 0 aliphatic rings. The maximum atomic E-state index is 10.8. The summed E-state index contributed by atoms with van der Waals surface area (Å²) in [5.41, 5.74) is -0.184. The molecule has 7 heteroatoms. The summed E-state index contributed by atoms with van der Waals surface area (Å²) >= 11 is 0. The van der Waals surface area contributed by atoms with E-state index in [0.717, 1.165) is 4.52 Å². The first-order valence-corrected chi connectivity index (χ1v) is 3.91. The molecule has 0 aliphatic carbocycles. The number of rotatable bonds is 2. The summed E-state index contributed by atoms with van der Waals surface area (Å²) in [5, 5.41) is 21.1. The van der Waals surface area contributed by atoms with Crippen LogP contribution in [-0.4, -0.2) is 36.7 Å². The van der Waals surface area contributed by atoms with Gasteiger partial charge in [-0.3, -0.25) is 0 Å². The summed E-state index contributed by atoms with van der Waals surface area (Å²) in [4.78, 5) is 25.2. The van der Waals surface area contributed by atoms with Crippen LogP contribution in [0.3, 0.4) is 0 Å². The van der Waals surface area contributed by atoms with E-state index in [0.29, 0.717) is 0 Å². The zero-order chi connectivity index (χ0) is 11.0. The lowest BCUT2D eigenvalue weighted by molar-refractivity contribution is 0.0671. The first kappa shape index (κ1) is 9.13. The van der Waals surface area contributed by atoms with Gasteiger partial charge in [-0.15, -0.1) is 0 Å². The molecule has 2 aromatic heterocycles. The Morgan fingerprint density at radius 1 is 1.27 bits per heavy atom. The van der Waals surface area contributed by atoms with Crippen LogP contribution in [0.25, 0.3) is 5.65 Å². The Morgan fingerprint density at radius 2 is 2.00 bits per heavy atom. The van der Waals surface area contributed by atoms with Crippen LogP contribution in [0.4, 0.5) is 0 Å². The number of nitrogens with zero attached hydrogens (tertiary/aromatic N) is 3. The topological polar surface area (TPSA) is 105 Å². The Kier molecular flexibility index (Phi) is 1.86. The number of fused-ring (bicyclic) bond motifs is 1. The van der Waals surface area contributed by atoms with Gasteiger partial charge >= 0.3 is 11.9 Å². The van der Waals surface area contributed by atoms with Gasteiger partial charge in [0.05, 0.1) is 0 Å². The van der Waals surface area contributed by atoms with E-state index in [2.05, 4.69) is 10.1 Å². The fourth-order valence-corrected chi connectivity index (χ4v) is 1.16. The molecule has 0 saturated carbocycles. The van der Waals surface area contributed by atoms with Gasteiger partial charge in [0.15, 0.2) is 17.0 Å². The average molecular weight is 207 g/mol. The van der Waals surface area contributed by atoms with Crippen LogP contribution in [0.1, 0.15) is 21.0 Å². The van der Waals surface area contributed by atoms with Gasteiger partial charge in [0.1, 0.15) is 0 Å². The maximum absolute atomic E-state index is 10.8. The lowest BCUT2D eigenvalue weighted by Gasteiger charge is -1.96. The number of hydrogen-bond donors (Lipinski definition) is 2. The minimum absolute atomic E-state index is 0.132. The van der Waals surface area contributed by atoms with E-state index >= 15 is 0 Å². The third-order valence-corrected chi connectivity index (χ3v) is 1.80. The van der Waals surface area contributed by atoms with E-state index in [1.807, 2.05) is 0 Å². The molecule has 0 aliphatic heterocycles. The third-order valence-electron chi connectivity index (χ3n) is 1.80. The molecule has 76 valence electrons. The molecule has 0 radical (unpaired) electrons. The highest BCUT2D eigenvalue weighted by molar-refractivity contribution is 5.89. The largest absolute Gasteiger partial charge is 0.477 e. The Hall–Kier alpha value is -2.44. The quantitative estimate of drug-likeness (QED) is 0.724. The van der Waals surface area contributed by atoms with Crippen molar-refractivity contribution in [2.45, 2.75) is 0 Å². The fourth-order valence-electron chi connectivity index (χ4n) is 1.16. The zero-order valence-electron chi connectivity index (χ0n) is 7.28. The minimum atomic E-state index is -1.23. The molecule has 0 amide bonds. The standard InChI is InChI=1S/C8H5N3O4/c12-7(13)4-3-6-9-2-1-5(8(14)15)11(6)10-4/h1-3H,(H,12,13)(H,14,15). The zero-order valence-corrected chi connectivity index (χ0v) is 7.28. The lowest BCUT2D eigenvalue weighted by Crippen LogP contribution is -2.07. The average Bonchev–Trinajstić information content (AvgIpc) is 2.60. The first-order valence-electron chi connectivity index (χ1n) is 3.91. The Balaban J connectivity index is 2.75. The molecule has 2 aromatic rings. The van der Waals surface area contributed by atoms with E-state index in [4.69, 9.17) is 10.2 Å². The predicted molar refractivity (Wildman–Crippen MR) is 46.9 cm³/mol. The number of aromatic carboxylic acids is 2. The van der Waals surface area contributed by atoms with Gasteiger partial charge in [0, 0.05) is 12.3 Å². The van der Waals surface area contributed by atoms with E-state index in [1.165, 1.54) is 18.3 Å². The molecule has 0 saturated heterocycles. The fraction of sp³-hybridized carbons (Fsp3) is 0.